The first-order valence-corrected chi connectivity index (χ1v) is 10.9. The van der Waals surface area contributed by atoms with Gasteiger partial charge < -0.3 is 9.64 Å². The molecule has 3 nitrogen and oxygen atoms in total. The van der Waals surface area contributed by atoms with Crippen molar-refractivity contribution in [1.29, 1.82) is 0 Å². The van der Waals surface area contributed by atoms with Gasteiger partial charge in [-0.3, -0.25) is 4.90 Å². The predicted molar refractivity (Wildman–Crippen MR) is 116 cm³/mol. The topological polar surface area (TPSA) is 15.7 Å². The van der Waals surface area contributed by atoms with Gasteiger partial charge in [0.2, 0.25) is 0 Å². The van der Waals surface area contributed by atoms with Crippen molar-refractivity contribution < 1.29 is 4.74 Å². The summed E-state index contributed by atoms with van der Waals surface area (Å²) in [6, 6.07) is 18.5. The first-order valence-electron chi connectivity index (χ1n) is 10.9. The first kappa shape index (κ1) is 19.6. The number of piperazine rings is 1. The lowest BCUT2D eigenvalue weighted by Gasteiger charge is -2.36. The molecule has 1 aliphatic carbocycles. The molecule has 1 atom stereocenters. The Balaban J connectivity index is 1.35. The highest BCUT2D eigenvalue weighted by Crippen LogP contribution is 2.26. The molecule has 2 aliphatic rings. The Bertz CT molecular complexity index is 726. The third-order valence-electron chi connectivity index (χ3n) is 6.55. The molecule has 0 radical (unpaired) electrons. The number of benzene rings is 2. The summed E-state index contributed by atoms with van der Waals surface area (Å²) < 4.78 is 6.03. The molecule has 0 unspecified atom stereocenters. The van der Waals surface area contributed by atoms with E-state index in [0.717, 1.165) is 19.7 Å². The van der Waals surface area contributed by atoms with E-state index in [9.17, 15) is 0 Å². The molecule has 1 aliphatic heterocycles. The molecule has 150 valence electrons. The molecule has 1 heterocycles. The molecule has 1 saturated carbocycles. The molecule has 2 aromatic carbocycles. The fourth-order valence-electron chi connectivity index (χ4n) is 4.44. The zero-order valence-electron chi connectivity index (χ0n) is 17.4. The Morgan fingerprint density at radius 1 is 0.857 bits per heavy atom. The summed E-state index contributed by atoms with van der Waals surface area (Å²) in [5.74, 6) is 0. The minimum Gasteiger partial charge on any atom is -0.374 e. The van der Waals surface area contributed by atoms with Crippen LogP contribution in [0.1, 0.15) is 49.8 Å². The van der Waals surface area contributed by atoms with Crippen molar-refractivity contribution in [2.75, 3.05) is 33.2 Å². The smallest absolute Gasteiger partial charge is 0.0720 e. The normalized spacial score (nSPS) is 20.5. The highest BCUT2D eigenvalue weighted by atomic mass is 16.5. The van der Waals surface area contributed by atoms with Crippen molar-refractivity contribution >= 4 is 0 Å². The molecule has 0 amide bonds. The summed E-state index contributed by atoms with van der Waals surface area (Å²) in [5, 5.41) is 0. The first-order chi connectivity index (χ1) is 13.7. The molecular formula is C25H34N2O. The Hall–Kier alpha value is -1.68. The van der Waals surface area contributed by atoms with Gasteiger partial charge in [-0.15, -0.1) is 0 Å². The van der Waals surface area contributed by atoms with Crippen molar-refractivity contribution in [1.82, 2.24) is 9.80 Å². The molecule has 4 rings (SSSR count). The lowest BCUT2D eigenvalue weighted by atomic mass is 9.99. The molecule has 28 heavy (non-hydrogen) atoms. The summed E-state index contributed by atoms with van der Waals surface area (Å²) in [4.78, 5) is 5.00. The van der Waals surface area contributed by atoms with Crippen LogP contribution in [0.5, 0.6) is 0 Å². The van der Waals surface area contributed by atoms with Gasteiger partial charge >= 0.3 is 0 Å². The van der Waals surface area contributed by atoms with E-state index in [4.69, 9.17) is 4.74 Å². The monoisotopic (exact) mass is 378 g/mol. The van der Waals surface area contributed by atoms with Crippen molar-refractivity contribution in [2.24, 2.45) is 0 Å². The Labute approximate surface area is 170 Å². The van der Waals surface area contributed by atoms with Crippen molar-refractivity contribution in [3.63, 3.8) is 0 Å². The number of hydrogen-bond acceptors (Lipinski definition) is 3. The minimum absolute atomic E-state index is 0.481. The zero-order chi connectivity index (χ0) is 19.3. The Kier molecular flexibility index (Phi) is 6.46. The molecule has 1 saturated heterocycles. The van der Waals surface area contributed by atoms with E-state index >= 15 is 0 Å². The maximum atomic E-state index is 6.03. The van der Waals surface area contributed by atoms with E-state index in [0.29, 0.717) is 12.1 Å². The van der Waals surface area contributed by atoms with Crippen LogP contribution in [0.2, 0.25) is 0 Å². The van der Waals surface area contributed by atoms with Crippen LogP contribution < -0.4 is 0 Å². The van der Waals surface area contributed by atoms with E-state index < -0.39 is 0 Å². The second kappa shape index (κ2) is 9.21. The van der Waals surface area contributed by atoms with Crippen LogP contribution >= 0.6 is 0 Å². The molecule has 0 spiro atoms. The number of nitrogens with zero attached hydrogens (tertiary/aromatic N) is 2. The van der Waals surface area contributed by atoms with Crippen molar-refractivity contribution in [3.05, 3.63) is 59.7 Å². The Morgan fingerprint density at radius 3 is 2.04 bits per heavy atom. The molecule has 0 N–H and O–H groups in total. The van der Waals surface area contributed by atoms with Gasteiger partial charge in [-0.1, -0.05) is 61.4 Å². The van der Waals surface area contributed by atoms with Crippen LogP contribution in [0, 0.1) is 0 Å². The lowest BCUT2D eigenvalue weighted by molar-refractivity contribution is 0.0457. The number of likely N-dealkylation sites (N-methyl/N-ethyl adjacent to an activating group) is 1. The standard InChI is InChI=1S/C25H34N2O/c1-20(27-17-15-26(2)16-18-27)22-11-13-24(14-12-22)23-9-7-21(8-10-23)19-28-25-5-3-4-6-25/h7-14,20,25H,3-6,15-19H2,1-2H3/t20-/m1/s1. The molecule has 0 bridgehead atoms. The van der Waals surface area contributed by atoms with Crippen LogP contribution in [0.3, 0.4) is 0 Å². The number of hydrogen-bond donors (Lipinski definition) is 0. The van der Waals surface area contributed by atoms with E-state index in [1.807, 2.05) is 0 Å². The van der Waals surface area contributed by atoms with E-state index in [1.165, 1.54) is 61.0 Å². The SMILES string of the molecule is C[C@H](c1ccc(-c2ccc(COC3CCCC3)cc2)cc1)N1CCN(C)CC1. The highest BCUT2D eigenvalue weighted by molar-refractivity contribution is 5.64. The van der Waals surface area contributed by atoms with Crippen LogP contribution in [-0.2, 0) is 11.3 Å². The fraction of sp³-hybridized carbons (Fsp3) is 0.520. The second-order valence-corrected chi connectivity index (χ2v) is 8.55. The van der Waals surface area contributed by atoms with Crippen LogP contribution in [-0.4, -0.2) is 49.1 Å². The van der Waals surface area contributed by atoms with Gasteiger partial charge in [0.15, 0.2) is 0 Å². The quantitative estimate of drug-likeness (QED) is 0.694. The average molecular weight is 379 g/mol. The summed E-state index contributed by atoms with van der Waals surface area (Å²) >= 11 is 0. The minimum atomic E-state index is 0.481. The fourth-order valence-corrected chi connectivity index (χ4v) is 4.44. The lowest BCUT2D eigenvalue weighted by Crippen LogP contribution is -2.45. The second-order valence-electron chi connectivity index (χ2n) is 8.55. The van der Waals surface area contributed by atoms with Gasteiger partial charge in [-0.25, -0.2) is 0 Å². The molecule has 2 aromatic rings. The molecular weight excluding hydrogens is 344 g/mol. The third kappa shape index (κ3) is 4.83. The van der Waals surface area contributed by atoms with E-state index in [1.54, 1.807) is 0 Å². The maximum absolute atomic E-state index is 6.03. The highest BCUT2D eigenvalue weighted by Gasteiger charge is 2.20. The summed E-state index contributed by atoms with van der Waals surface area (Å²) in [6.07, 6.45) is 5.60. The zero-order valence-corrected chi connectivity index (χ0v) is 17.4. The summed E-state index contributed by atoms with van der Waals surface area (Å²) in [6.45, 7) is 7.72. The number of rotatable bonds is 6. The van der Waals surface area contributed by atoms with Gasteiger partial charge in [0.25, 0.3) is 0 Å². The Morgan fingerprint density at radius 2 is 1.43 bits per heavy atom. The summed E-state index contributed by atoms with van der Waals surface area (Å²) in [7, 11) is 2.21. The van der Waals surface area contributed by atoms with Gasteiger partial charge in [-0.05, 0) is 49.1 Å². The van der Waals surface area contributed by atoms with E-state index in [2.05, 4.69) is 72.3 Å². The van der Waals surface area contributed by atoms with Gasteiger partial charge in [0.1, 0.15) is 0 Å². The largest absolute Gasteiger partial charge is 0.374 e. The van der Waals surface area contributed by atoms with Gasteiger partial charge in [-0.2, -0.15) is 0 Å². The van der Waals surface area contributed by atoms with Gasteiger partial charge in [0, 0.05) is 32.2 Å². The van der Waals surface area contributed by atoms with Gasteiger partial charge in [0.05, 0.1) is 12.7 Å². The van der Waals surface area contributed by atoms with Crippen LogP contribution in [0.4, 0.5) is 0 Å². The molecule has 2 fully saturated rings. The van der Waals surface area contributed by atoms with Crippen LogP contribution in [0.15, 0.2) is 48.5 Å². The van der Waals surface area contributed by atoms with Crippen molar-refractivity contribution in [2.45, 2.75) is 51.4 Å². The third-order valence-corrected chi connectivity index (χ3v) is 6.55. The predicted octanol–water partition coefficient (Wildman–Crippen LogP) is 5.12. The van der Waals surface area contributed by atoms with E-state index in [-0.39, 0.29) is 0 Å². The van der Waals surface area contributed by atoms with Crippen molar-refractivity contribution in [3.8, 4) is 11.1 Å². The maximum Gasteiger partial charge on any atom is 0.0720 e. The molecule has 3 heteroatoms. The average Bonchev–Trinajstić information content (AvgIpc) is 3.27. The number of ether oxygens (including phenoxy) is 1. The molecule has 0 aromatic heterocycles. The van der Waals surface area contributed by atoms with Crippen LogP contribution in [0.25, 0.3) is 11.1 Å². The summed E-state index contributed by atoms with van der Waals surface area (Å²) in [5.41, 5.74) is 5.26.